The lowest BCUT2D eigenvalue weighted by molar-refractivity contribution is 0.106. The number of hydrogen-bond donors (Lipinski definition) is 1. The highest BCUT2D eigenvalue weighted by molar-refractivity contribution is 9.10. The topological polar surface area (TPSA) is 29.3 Å². The zero-order chi connectivity index (χ0) is 12.5. The second-order valence-corrected chi connectivity index (χ2v) is 6.58. The highest BCUT2D eigenvalue weighted by atomic mass is 79.9. The van der Waals surface area contributed by atoms with Crippen LogP contribution in [0.4, 0.5) is 5.69 Å². The number of likely N-dealkylation sites (tertiary alicyclic amines) is 1. The van der Waals surface area contributed by atoms with Gasteiger partial charge in [0.15, 0.2) is 0 Å². The summed E-state index contributed by atoms with van der Waals surface area (Å²) in [6.45, 7) is 2.35. The number of piperidine rings is 1. The van der Waals surface area contributed by atoms with E-state index in [9.17, 15) is 0 Å². The van der Waals surface area contributed by atoms with Gasteiger partial charge in [0, 0.05) is 22.7 Å². The zero-order valence-corrected chi connectivity index (χ0v) is 12.3. The molecule has 0 spiro atoms. The number of hydrogen-bond acceptors (Lipinski definition) is 2. The van der Waals surface area contributed by atoms with Crippen LogP contribution in [0.3, 0.4) is 0 Å². The molecule has 0 amide bonds. The van der Waals surface area contributed by atoms with Crippen molar-refractivity contribution in [2.75, 3.05) is 12.3 Å². The van der Waals surface area contributed by atoms with Crippen molar-refractivity contribution in [3.05, 3.63) is 28.2 Å². The SMILES string of the molecule is Nc1ccc(CN2CCCC3CCCC32)cc1Br. The van der Waals surface area contributed by atoms with Crippen LogP contribution in [-0.4, -0.2) is 17.5 Å². The van der Waals surface area contributed by atoms with Gasteiger partial charge in [-0.25, -0.2) is 0 Å². The molecule has 2 nitrogen and oxygen atoms in total. The Hall–Kier alpha value is -0.540. The van der Waals surface area contributed by atoms with Crippen LogP contribution in [-0.2, 0) is 6.54 Å². The second kappa shape index (κ2) is 5.22. The van der Waals surface area contributed by atoms with Gasteiger partial charge in [-0.3, -0.25) is 4.90 Å². The molecule has 2 atom stereocenters. The van der Waals surface area contributed by atoms with Crippen LogP contribution in [0.5, 0.6) is 0 Å². The van der Waals surface area contributed by atoms with E-state index in [0.717, 1.165) is 28.7 Å². The predicted molar refractivity (Wildman–Crippen MR) is 79.3 cm³/mol. The van der Waals surface area contributed by atoms with Crippen LogP contribution in [0, 0.1) is 5.92 Å². The van der Waals surface area contributed by atoms with Crippen molar-refractivity contribution in [2.24, 2.45) is 5.92 Å². The highest BCUT2D eigenvalue weighted by Gasteiger charge is 2.34. The maximum Gasteiger partial charge on any atom is 0.0458 e. The molecule has 1 saturated carbocycles. The van der Waals surface area contributed by atoms with E-state index in [1.54, 1.807) is 0 Å². The highest BCUT2D eigenvalue weighted by Crippen LogP contribution is 2.37. The lowest BCUT2D eigenvalue weighted by Gasteiger charge is -2.37. The number of benzene rings is 1. The summed E-state index contributed by atoms with van der Waals surface area (Å²) in [4.78, 5) is 2.69. The lowest BCUT2D eigenvalue weighted by Crippen LogP contribution is -2.41. The van der Waals surface area contributed by atoms with Gasteiger partial charge in [-0.05, 0) is 71.8 Å². The van der Waals surface area contributed by atoms with Crippen molar-refractivity contribution >= 4 is 21.6 Å². The maximum atomic E-state index is 5.85. The molecule has 3 rings (SSSR count). The van der Waals surface area contributed by atoms with Crippen molar-refractivity contribution in [3.63, 3.8) is 0 Å². The Morgan fingerprint density at radius 2 is 2.06 bits per heavy atom. The van der Waals surface area contributed by atoms with Crippen molar-refractivity contribution in [2.45, 2.75) is 44.7 Å². The van der Waals surface area contributed by atoms with Gasteiger partial charge in [0.25, 0.3) is 0 Å². The van der Waals surface area contributed by atoms with Gasteiger partial charge in [-0.15, -0.1) is 0 Å². The minimum atomic E-state index is 0.830. The van der Waals surface area contributed by atoms with E-state index >= 15 is 0 Å². The minimum Gasteiger partial charge on any atom is -0.398 e. The molecule has 2 fully saturated rings. The first-order valence-electron chi connectivity index (χ1n) is 7.02. The molecule has 98 valence electrons. The maximum absolute atomic E-state index is 5.85. The fourth-order valence-corrected chi connectivity index (χ4v) is 4.08. The van der Waals surface area contributed by atoms with Crippen molar-refractivity contribution in [1.82, 2.24) is 4.90 Å². The van der Waals surface area contributed by atoms with E-state index in [1.807, 2.05) is 6.07 Å². The first-order valence-corrected chi connectivity index (χ1v) is 7.81. The van der Waals surface area contributed by atoms with Crippen molar-refractivity contribution in [3.8, 4) is 0 Å². The predicted octanol–water partition coefficient (Wildman–Crippen LogP) is 3.80. The number of nitrogens with zero attached hydrogens (tertiary/aromatic N) is 1. The van der Waals surface area contributed by atoms with E-state index in [0.29, 0.717) is 0 Å². The summed E-state index contributed by atoms with van der Waals surface area (Å²) in [5, 5.41) is 0. The molecule has 0 radical (unpaired) electrons. The summed E-state index contributed by atoms with van der Waals surface area (Å²) >= 11 is 3.52. The number of rotatable bonds is 2. The van der Waals surface area contributed by atoms with Gasteiger partial charge in [-0.1, -0.05) is 12.5 Å². The van der Waals surface area contributed by atoms with Crippen LogP contribution in [0.2, 0.25) is 0 Å². The fourth-order valence-electron chi connectivity index (χ4n) is 3.66. The second-order valence-electron chi connectivity index (χ2n) is 5.73. The lowest BCUT2D eigenvalue weighted by atomic mass is 9.91. The normalized spacial score (nSPS) is 28.3. The third kappa shape index (κ3) is 2.43. The van der Waals surface area contributed by atoms with E-state index < -0.39 is 0 Å². The summed E-state index contributed by atoms with van der Waals surface area (Å²) in [6.07, 6.45) is 7.11. The molecule has 1 aromatic carbocycles. The van der Waals surface area contributed by atoms with Crippen LogP contribution in [0.25, 0.3) is 0 Å². The fraction of sp³-hybridized carbons (Fsp3) is 0.600. The van der Waals surface area contributed by atoms with Gasteiger partial charge in [-0.2, -0.15) is 0 Å². The van der Waals surface area contributed by atoms with Gasteiger partial charge in [0.1, 0.15) is 0 Å². The summed E-state index contributed by atoms with van der Waals surface area (Å²) in [5.74, 6) is 0.968. The van der Waals surface area contributed by atoms with Gasteiger partial charge in [0.05, 0.1) is 0 Å². The molecule has 1 heterocycles. The number of nitrogens with two attached hydrogens (primary N) is 1. The molecular formula is C15H21BrN2. The molecule has 2 N–H and O–H groups in total. The molecule has 1 saturated heterocycles. The van der Waals surface area contributed by atoms with Crippen LogP contribution in [0.1, 0.15) is 37.7 Å². The van der Waals surface area contributed by atoms with E-state index in [1.165, 1.54) is 44.2 Å². The number of anilines is 1. The van der Waals surface area contributed by atoms with Crippen LogP contribution in [0.15, 0.2) is 22.7 Å². The third-order valence-electron chi connectivity index (χ3n) is 4.56. The Balaban J connectivity index is 1.73. The molecule has 2 unspecified atom stereocenters. The molecular weight excluding hydrogens is 288 g/mol. The number of halogens is 1. The first-order chi connectivity index (χ1) is 8.74. The molecule has 2 aliphatic rings. The molecule has 1 aliphatic heterocycles. The average molecular weight is 309 g/mol. The monoisotopic (exact) mass is 308 g/mol. The molecule has 18 heavy (non-hydrogen) atoms. The minimum absolute atomic E-state index is 0.830. The average Bonchev–Trinajstić information content (AvgIpc) is 2.83. The smallest absolute Gasteiger partial charge is 0.0458 e. The van der Waals surface area contributed by atoms with E-state index in [2.05, 4.69) is 33.0 Å². The zero-order valence-electron chi connectivity index (χ0n) is 10.7. The molecule has 0 aromatic heterocycles. The standard InChI is InChI=1S/C15H21BrN2/c16-13-9-11(6-7-14(13)17)10-18-8-2-4-12-3-1-5-15(12)18/h6-7,9,12,15H,1-5,8,10,17H2. The Kier molecular flexibility index (Phi) is 3.62. The molecule has 3 heteroatoms. The Bertz CT molecular complexity index is 433. The molecule has 1 aliphatic carbocycles. The van der Waals surface area contributed by atoms with Crippen LogP contribution >= 0.6 is 15.9 Å². The van der Waals surface area contributed by atoms with Crippen LogP contribution < -0.4 is 5.73 Å². The summed E-state index contributed by atoms with van der Waals surface area (Å²) in [6, 6.07) is 7.19. The number of nitrogen functional groups attached to an aromatic ring is 1. The largest absolute Gasteiger partial charge is 0.398 e. The summed E-state index contributed by atoms with van der Waals surface area (Å²) < 4.78 is 1.03. The van der Waals surface area contributed by atoms with Crippen molar-refractivity contribution < 1.29 is 0 Å². The van der Waals surface area contributed by atoms with Gasteiger partial charge < -0.3 is 5.73 Å². The molecule has 0 bridgehead atoms. The first kappa shape index (κ1) is 12.5. The third-order valence-corrected chi connectivity index (χ3v) is 5.25. The number of fused-ring (bicyclic) bond motifs is 1. The Morgan fingerprint density at radius 1 is 1.22 bits per heavy atom. The van der Waals surface area contributed by atoms with Gasteiger partial charge in [0.2, 0.25) is 0 Å². The summed E-state index contributed by atoms with van der Waals surface area (Å²) in [5.41, 5.74) is 8.06. The Morgan fingerprint density at radius 3 is 2.89 bits per heavy atom. The van der Waals surface area contributed by atoms with E-state index in [4.69, 9.17) is 5.73 Å². The summed E-state index contributed by atoms with van der Waals surface area (Å²) in [7, 11) is 0. The van der Waals surface area contributed by atoms with Gasteiger partial charge >= 0.3 is 0 Å². The quantitative estimate of drug-likeness (QED) is 0.842. The van der Waals surface area contributed by atoms with E-state index in [-0.39, 0.29) is 0 Å². The Labute approximate surface area is 118 Å². The molecule has 1 aromatic rings. The van der Waals surface area contributed by atoms with Crippen molar-refractivity contribution in [1.29, 1.82) is 0 Å².